The van der Waals surface area contributed by atoms with Crippen molar-refractivity contribution < 1.29 is 9.90 Å². The maximum Gasteiger partial charge on any atom is 0.320 e. The Morgan fingerprint density at radius 1 is 1.43 bits per heavy atom. The first-order chi connectivity index (χ1) is 10.1. The van der Waals surface area contributed by atoms with Crippen LogP contribution in [0.4, 0.5) is 0 Å². The SMILES string of the molecule is CC.Cc1[nH]c2cccc(C3CC3)c2c1CC(N)C(=O)O. The van der Waals surface area contributed by atoms with Crippen LogP contribution in [0.25, 0.3) is 10.9 Å². The van der Waals surface area contributed by atoms with E-state index in [0.717, 1.165) is 16.8 Å². The van der Waals surface area contributed by atoms with Gasteiger partial charge in [-0.15, -0.1) is 0 Å². The predicted molar refractivity (Wildman–Crippen MR) is 85.7 cm³/mol. The number of rotatable bonds is 4. The van der Waals surface area contributed by atoms with Crippen molar-refractivity contribution in [1.82, 2.24) is 4.98 Å². The summed E-state index contributed by atoms with van der Waals surface area (Å²) in [6.45, 7) is 5.99. The molecule has 114 valence electrons. The van der Waals surface area contributed by atoms with E-state index in [1.165, 1.54) is 23.8 Å². The summed E-state index contributed by atoms with van der Waals surface area (Å²) < 4.78 is 0. The van der Waals surface area contributed by atoms with Gasteiger partial charge in [-0.3, -0.25) is 4.79 Å². The van der Waals surface area contributed by atoms with E-state index in [2.05, 4.69) is 17.1 Å². The fourth-order valence-corrected chi connectivity index (χ4v) is 2.77. The minimum absolute atomic E-state index is 0.380. The van der Waals surface area contributed by atoms with Crippen LogP contribution in [-0.4, -0.2) is 22.1 Å². The molecule has 0 saturated heterocycles. The minimum Gasteiger partial charge on any atom is -0.480 e. The number of hydrogen-bond donors (Lipinski definition) is 3. The number of carbonyl (C=O) groups is 1. The lowest BCUT2D eigenvalue weighted by atomic mass is 9.97. The van der Waals surface area contributed by atoms with Crippen molar-refractivity contribution in [1.29, 1.82) is 0 Å². The van der Waals surface area contributed by atoms with Crippen molar-refractivity contribution in [3.63, 3.8) is 0 Å². The summed E-state index contributed by atoms with van der Waals surface area (Å²) in [5.41, 5.74) is 10.2. The van der Waals surface area contributed by atoms with Crippen molar-refractivity contribution in [3.8, 4) is 0 Å². The molecule has 0 radical (unpaired) electrons. The van der Waals surface area contributed by atoms with Crippen LogP contribution >= 0.6 is 0 Å². The van der Waals surface area contributed by atoms with E-state index >= 15 is 0 Å². The predicted octanol–water partition coefficient (Wildman–Crippen LogP) is 3.33. The summed E-state index contributed by atoms with van der Waals surface area (Å²) in [5, 5.41) is 10.2. The van der Waals surface area contributed by atoms with E-state index in [1.807, 2.05) is 26.8 Å². The molecular weight excluding hydrogens is 264 g/mol. The lowest BCUT2D eigenvalue weighted by Crippen LogP contribution is -2.32. The van der Waals surface area contributed by atoms with Crippen LogP contribution in [0.3, 0.4) is 0 Å². The fraction of sp³-hybridized carbons (Fsp3) is 0.471. The Labute approximate surface area is 125 Å². The zero-order valence-electron chi connectivity index (χ0n) is 12.9. The number of aliphatic carboxylic acids is 1. The monoisotopic (exact) mass is 288 g/mol. The van der Waals surface area contributed by atoms with Crippen molar-refractivity contribution in [3.05, 3.63) is 35.0 Å². The third kappa shape index (κ3) is 3.10. The number of carboxylic acids is 1. The quantitative estimate of drug-likeness (QED) is 0.807. The van der Waals surface area contributed by atoms with Crippen LogP contribution in [0.5, 0.6) is 0 Å². The fourth-order valence-electron chi connectivity index (χ4n) is 2.77. The Hall–Kier alpha value is -1.81. The van der Waals surface area contributed by atoms with Crippen LogP contribution in [0, 0.1) is 6.92 Å². The van der Waals surface area contributed by atoms with Gasteiger partial charge >= 0.3 is 5.97 Å². The molecule has 0 spiro atoms. The average molecular weight is 288 g/mol. The summed E-state index contributed by atoms with van der Waals surface area (Å²) in [6.07, 6.45) is 2.84. The highest BCUT2D eigenvalue weighted by atomic mass is 16.4. The molecule has 0 aliphatic heterocycles. The number of aromatic nitrogens is 1. The van der Waals surface area contributed by atoms with Gasteiger partial charge in [0.2, 0.25) is 0 Å². The van der Waals surface area contributed by atoms with Crippen LogP contribution in [0.2, 0.25) is 0 Å². The first kappa shape index (κ1) is 15.6. The van der Waals surface area contributed by atoms with E-state index in [4.69, 9.17) is 10.8 Å². The molecule has 1 aromatic carbocycles. The van der Waals surface area contributed by atoms with Crippen molar-refractivity contribution in [2.24, 2.45) is 5.73 Å². The second-order valence-corrected chi connectivity index (χ2v) is 5.42. The lowest BCUT2D eigenvalue weighted by molar-refractivity contribution is -0.138. The smallest absolute Gasteiger partial charge is 0.320 e. The summed E-state index contributed by atoms with van der Waals surface area (Å²) in [4.78, 5) is 14.3. The van der Waals surface area contributed by atoms with Crippen molar-refractivity contribution in [2.75, 3.05) is 0 Å². The second kappa shape index (κ2) is 6.31. The number of carboxylic acid groups (broad SMARTS) is 1. The summed E-state index contributed by atoms with van der Waals surface area (Å²) >= 11 is 0. The summed E-state index contributed by atoms with van der Waals surface area (Å²) in [7, 11) is 0. The van der Waals surface area contributed by atoms with Crippen LogP contribution in [0.1, 0.15) is 49.4 Å². The Bertz CT molecular complexity index is 642. The maximum absolute atomic E-state index is 11.0. The first-order valence-electron chi connectivity index (χ1n) is 7.66. The van der Waals surface area contributed by atoms with Gasteiger partial charge in [0.15, 0.2) is 0 Å². The standard InChI is InChI=1S/C15H18N2O2.C2H6/c1-8-11(7-12(16)15(18)19)14-10(9-5-6-9)3-2-4-13(14)17-8;1-2/h2-4,9,12,17H,5-7,16H2,1H3,(H,18,19);1-2H3. The van der Waals surface area contributed by atoms with Gasteiger partial charge < -0.3 is 15.8 Å². The molecule has 1 saturated carbocycles. The molecule has 0 amide bonds. The molecule has 4 N–H and O–H groups in total. The molecule has 21 heavy (non-hydrogen) atoms. The van der Waals surface area contributed by atoms with Gasteiger partial charge in [-0.05, 0) is 42.9 Å². The van der Waals surface area contributed by atoms with E-state index in [0.29, 0.717) is 12.3 Å². The Kier molecular flexibility index (Phi) is 4.68. The summed E-state index contributed by atoms with van der Waals surface area (Å²) in [6, 6.07) is 5.42. The molecule has 4 nitrogen and oxygen atoms in total. The first-order valence-corrected chi connectivity index (χ1v) is 7.66. The van der Waals surface area contributed by atoms with Gasteiger partial charge in [-0.25, -0.2) is 0 Å². The molecule has 1 unspecified atom stereocenters. The average Bonchev–Trinajstić information content (AvgIpc) is 3.26. The van der Waals surface area contributed by atoms with Gasteiger partial charge in [0.1, 0.15) is 6.04 Å². The largest absolute Gasteiger partial charge is 0.480 e. The van der Waals surface area contributed by atoms with Gasteiger partial charge in [0, 0.05) is 23.0 Å². The number of fused-ring (bicyclic) bond motifs is 1. The number of aromatic amines is 1. The van der Waals surface area contributed by atoms with Gasteiger partial charge in [0.25, 0.3) is 0 Å². The van der Waals surface area contributed by atoms with E-state index in [1.54, 1.807) is 0 Å². The molecule has 1 aromatic heterocycles. The van der Waals surface area contributed by atoms with E-state index < -0.39 is 12.0 Å². The molecule has 1 aliphatic rings. The highest BCUT2D eigenvalue weighted by molar-refractivity contribution is 5.89. The molecule has 1 heterocycles. The van der Waals surface area contributed by atoms with Gasteiger partial charge in [0.05, 0.1) is 0 Å². The highest BCUT2D eigenvalue weighted by Gasteiger charge is 2.27. The molecule has 1 fully saturated rings. The topological polar surface area (TPSA) is 79.1 Å². The summed E-state index contributed by atoms with van der Waals surface area (Å²) in [5.74, 6) is -0.309. The van der Waals surface area contributed by atoms with Crippen molar-refractivity contribution in [2.45, 2.75) is 52.0 Å². The number of nitrogens with one attached hydrogen (secondary N) is 1. The number of H-pyrrole nitrogens is 1. The zero-order valence-corrected chi connectivity index (χ0v) is 12.9. The highest BCUT2D eigenvalue weighted by Crippen LogP contribution is 2.44. The number of benzene rings is 1. The normalized spacial score (nSPS) is 15.4. The van der Waals surface area contributed by atoms with Crippen LogP contribution in [-0.2, 0) is 11.2 Å². The van der Waals surface area contributed by atoms with E-state index in [-0.39, 0.29) is 0 Å². The Balaban J connectivity index is 0.000000774. The third-order valence-corrected chi connectivity index (χ3v) is 3.93. The van der Waals surface area contributed by atoms with Crippen LogP contribution < -0.4 is 5.73 Å². The van der Waals surface area contributed by atoms with Crippen LogP contribution in [0.15, 0.2) is 18.2 Å². The molecule has 1 aliphatic carbocycles. The molecule has 4 heteroatoms. The minimum atomic E-state index is -0.947. The molecule has 1 atom stereocenters. The second-order valence-electron chi connectivity index (χ2n) is 5.42. The number of nitrogens with two attached hydrogens (primary N) is 1. The molecule has 3 rings (SSSR count). The Morgan fingerprint density at radius 3 is 2.67 bits per heavy atom. The van der Waals surface area contributed by atoms with Crippen molar-refractivity contribution >= 4 is 16.9 Å². The maximum atomic E-state index is 11.0. The number of hydrogen-bond acceptors (Lipinski definition) is 2. The molecule has 0 bridgehead atoms. The lowest BCUT2D eigenvalue weighted by Gasteiger charge is -2.09. The molecular formula is C17H24N2O2. The van der Waals surface area contributed by atoms with Gasteiger partial charge in [-0.2, -0.15) is 0 Å². The van der Waals surface area contributed by atoms with E-state index in [9.17, 15) is 4.79 Å². The zero-order chi connectivity index (χ0) is 15.6. The number of aryl methyl sites for hydroxylation is 1. The molecule has 2 aromatic rings. The van der Waals surface area contributed by atoms with Gasteiger partial charge in [-0.1, -0.05) is 26.0 Å². The third-order valence-electron chi connectivity index (χ3n) is 3.93. The Morgan fingerprint density at radius 2 is 2.10 bits per heavy atom.